The number of rotatable bonds is 7. The Labute approximate surface area is 128 Å². The summed E-state index contributed by atoms with van der Waals surface area (Å²) in [6, 6.07) is 0.313. The second-order valence-electron chi connectivity index (χ2n) is 4.99. The zero-order valence-corrected chi connectivity index (χ0v) is 13.8. The number of carboxylic acid groups (broad SMARTS) is 1. The summed E-state index contributed by atoms with van der Waals surface area (Å²) in [7, 11) is 0. The molecule has 0 spiro atoms. The topological polar surface area (TPSA) is 72.9 Å². The summed E-state index contributed by atoms with van der Waals surface area (Å²) in [6.45, 7) is 9.07. The van der Waals surface area contributed by atoms with Crippen molar-refractivity contribution in [2.45, 2.75) is 58.3 Å². The van der Waals surface area contributed by atoms with E-state index in [-0.39, 0.29) is 5.75 Å². The predicted molar refractivity (Wildman–Crippen MR) is 83.9 cm³/mol. The third-order valence-corrected chi connectivity index (χ3v) is 4.58. The van der Waals surface area contributed by atoms with Crippen LogP contribution in [-0.4, -0.2) is 36.2 Å². The van der Waals surface area contributed by atoms with Crippen molar-refractivity contribution in [3.05, 3.63) is 5.69 Å². The van der Waals surface area contributed by atoms with Crippen molar-refractivity contribution in [2.75, 3.05) is 5.75 Å². The van der Waals surface area contributed by atoms with Gasteiger partial charge >= 0.3 is 5.97 Å². The third kappa shape index (κ3) is 2.92. The van der Waals surface area contributed by atoms with Crippen LogP contribution in [0.2, 0.25) is 0 Å². The Morgan fingerprint density at radius 3 is 2.52 bits per heavy atom. The van der Waals surface area contributed by atoms with Crippen molar-refractivity contribution in [3.63, 3.8) is 0 Å². The molecule has 0 saturated heterocycles. The lowest BCUT2D eigenvalue weighted by Crippen LogP contribution is -2.13. The minimum atomic E-state index is -0.822. The van der Waals surface area contributed by atoms with Crippen LogP contribution in [0.5, 0.6) is 0 Å². The maximum atomic E-state index is 10.9. The first kappa shape index (κ1) is 15.9. The summed E-state index contributed by atoms with van der Waals surface area (Å²) in [4.78, 5) is 15.5. The van der Waals surface area contributed by atoms with Gasteiger partial charge in [-0.15, -0.1) is 0 Å². The Balaban J connectivity index is 2.60. The summed E-state index contributed by atoms with van der Waals surface area (Å²) >= 11 is 1.28. The van der Waals surface area contributed by atoms with Crippen molar-refractivity contribution in [1.29, 1.82) is 0 Å². The van der Waals surface area contributed by atoms with Crippen LogP contribution in [0.15, 0.2) is 5.16 Å². The Kier molecular flexibility index (Phi) is 4.92. The van der Waals surface area contributed by atoms with Crippen LogP contribution in [-0.2, 0) is 11.3 Å². The normalized spacial score (nSPS) is 11.7. The Bertz CT molecular complexity index is 643. The fourth-order valence-electron chi connectivity index (χ4n) is 2.60. The molecular formula is C14H22N4O2S. The largest absolute Gasteiger partial charge is 0.481 e. The standard InChI is InChI=1S/C14H22N4O2S/c1-5-10(6-2)18-13-12(9(4)16-17(13)7-3)15-14(18)21-8-11(19)20/h10H,5-8H2,1-4H3,(H,19,20). The third-order valence-electron chi connectivity index (χ3n) is 3.64. The van der Waals surface area contributed by atoms with Gasteiger partial charge in [-0.3, -0.25) is 4.79 Å². The van der Waals surface area contributed by atoms with Crippen molar-refractivity contribution < 1.29 is 9.90 Å². The zero-order valence-electron chi connectivity index (χ0n) is 13.0. The van der Waals surface area contributed by atoms with E-state index in [2.05, 4.69) is 35.4 Å². The monoisotopic (exact) mass is 310 g/mol. The van der Waals surface area contributed by atoms with Crippen LogP contribution < -0.4 is 0 Å². The van der Waals surface area contributed by atoms with Crippen LogP contribution in [0.25, 0.3) is 11.2 Å². The minimum absolute atomic E-state index is 0.0261. The summed E-state index contributed by atoms with van der Waals surface area (Å²) < 4.78 is 4.13. The number of nitrogens with zero attached hydrogens (tertiary/aromatic N) is 4. The van der Waals surface area contributed by atoms with E-state index in [0.29, 0.717) is 6.04 Å². The first-order chi connectivity index (χ1) is 10.0. The molecule has 0 aromatic carbocycles. The maximum absolute atomic E-state index is 10.9. The van der Waals surface area contributed by atoms with Gasteiger partial charge in [-0.05, 0) is 26.7 Å². The van der Waals surface area contributed by atoms with Gasteiger partial charge in [0.05, 0.1) is 11.4 Å². The molecule has 0 radical (unpaired) electrons. The average molecular weight is 310 g/mol. The molecule has 2 rings (SSSR count). The van der Waals surface area contributed by atoms with E-state index < -0.39 is 5.97 Å². The molecule has 7 heteroatoms. The van der Waals surface area contributed by atoms with E-state index >= 15 is 0 Å². The number of hydrogen-bond acceptors (Lipinski definition) is 4. The van der Waals surface area contributed by atoms with E-state index in [9.17, 15) is 4.79 Å². The number of aromatic nitrogens is 4. The molecule has 2 aromatic heterocycles. The zero-order chi connectivity index (χ0) is 15.6. The number of carbonyl (C=O) groups is 1. The van der Waals surface area contributed by atoms with Gasteiger partial charge < -0.3 is 9.67 Å². The van der Waals surface area contributed by atoms with Gasteiger partial charge in [-0.25, -0.2) is 9.67 Å². The molecule has 21 heavy (non-hydrogen) atoms. The van der Waals surface area contributed by atoms with E-state index in [4.69, 9.17) is 5.11 Å². The van der Waals surface area contributed by atoms with Crippen molar-refractivity contribution in [3.8, 4) is 0 Å². The molecule has 1 N–H and O–H groups in total. The molecular weight excluding hydrogens is 288 g/mol. The summed E-state index contributed by atoms with van der Waals surface area (Å²) in [5.74, 6) is -0.796. The second kappa shape index (κ2) is 6.51. The van der Waals surface area contributed by atoms with E-state index in [1.807, 2.05) is 11.6 Å². The number of fused-ring (bicyclic) bond motifs is 1. The first-order valence-electron chi connectivity index (χ1n) is 7.33. The van der Waals surface area contributed by atoms with E-state index in [1.54, 1.807) is 0 Å². The highest BCUT2D eigenvalue weighted by molar-refractivity contribution is 7.99. The van der Waals surface area contributed by atoms with Gasteiger partial charge in [-0.2, -0.15) is 5.10 Å². The molecule has 0 aliphatic carbocycles. The Morgan fingerprint density at radius 2 is 2.00 bits per heavy atom. The number of hydrogen-bond donors (Lipinski definition) is 1. The highest BCUT2D eigenvalue weighted by atomic mass is 32.2. The highest BCUT2D eigenvalue weighted by Crippen LogP contribution is 2.32. The molecule has 0 bridgehead atoms. The number of carboxylic acids is 1. The van der Waals surface area contributed by atoms with Crippen LogP contribution in [0.3, 0.4) is 0 Å². The molecule has 0 aliphatic rings. The first-order valence-corrected chi connectivity index (χ1v) is 8.31. The van der Waals surface area contributed by atoms with Gasteiger partial charge in [0, 0.05) is 12.6 Å². The van der Waals surface area contributed by atoms with Crippen molar-refractivity contribution >= 4 is 28.9 Å². The summed E-state index contributed by atoms with van der Waals surface area (Å²) in [5.41, 5.74) is 2.79. The lowest BCUT2D eigenvalue weighted by atomic mass is 10.2. The quantitative estimate of drug-likeness (QED) is 0.796. The van der Waals surface area contributed by atoms with Crippen LogP contribution in [0.4, 0.5) is 0 Å². The molecule has 0 fully saturated rings. The Hall–Kier alpha value is -1.50. The summed E-state index contributed by atoms with van der Waals surface area (Å²) in [6.07, 6.45) is 1.97. The lowest BCUT2D eigenvalue weighted by molar-refractivity contribution is -0.133. The molecule has 0 amide bonds. The van der Waals surface area contributed by atoms with Crippen molar-refractivity contribution in [1.82, 2.24) is 19.3 Å². The lowest BCUT2D eigenvalue weighted by Gasteiger charge is -2.18. The molecule has 2 heterocycles. The fourth-order valence-corrected chi connectivity index (χ4v) is 3.38. The van der Waals surface area contributed by atoms with Gasteiger partial charge in [-0.1, -0.05) is 25.6 Å². The smallest absolute Gasteiger partial charge is 0.313 e. The Morgan fingerprint density at radius 1 is 1.33 bits per heavy atom. The molecule has 0 atom stereocenters. The fraction of sp³-hybridized carbons (Fsp3) is 0.643. The van der Waals surface area contributed by atoms with Gasteiger partial charge in [0.25, 0.3) is 0 Å². The van der Waals surface area contributed by atoms with Gasteiger partial charge in [0.2, 0.25) is 0 Å². The number of imidazole rings is 1. The van der Waals surface area contributed by atoms with Gasteiger partial charge in [0.15, 0.2) is 10.8 Å². The van der Waals surface area contributed by atoms with Crippen molar-refractivity contribution in [2.24, 2.45) is 0 Å². The van der Waals surface area contributed by atoms with Crippen LogP contribution in [0.1, 0.15) is 45.3 Å². The van der Waals surface area contributed by atoms with E-state index in [1.165, 1.54) is 11.8 Å². The van der Waals surface area contributed by atoms with Crippen LogP contribution in [0, 0.1) is 6.92 Å². The average Bonchev–Trinajstić information content (AvgIpc) is 2.97. The molecule has 6 nitrogen and oxygen atoms in total. The number of aryl methyl sites for hydroxylation is 2. The number of aliphatic carboxylic acids is 1. The minimum Gasteiger partial charge on any atom is -0.481 e. The molecule has 116 valence electrons. The highest BCUT2D eigenvalue weighted by Gasteiger charge is 2.23. The molecule has 0 aliphatic heterocycles. The number of thioether (sulfide) groups is 1. The maximum Gasteiger partial charge on any atom is 0.313 e. The SMILES string of the molecule is CCC(CC)n1c(SCC(=O)O)nc2c(C)nn(CC)c21. The summed E-state index contributed by atoms with van der Waals surface area (Å²) in [5, 5.41) is 14.2. The molecule has 0 unspecified atom stereocenters. The molecule has 0 saturated carbocycles. The molecule has 2 aromatic rings. The van der Waals surface area contributed by atoms with Crippen LogP contribution >= 0.6 is 11.8 Å². The predicted octanol–water partition coefficient (Wildman–Crippen LogP) is 3.10. The van der Waals surface area contributed by atoms with Gasteiger partial charge in [0.1, 0.15) is 5.52 Å². The van der Waals surface area contributed by atoms with E-state index in [0.717, 1.165) is 41.4 Å². The second-order valence-corrected chi connectivity index (χ2v) is 5.93.